The number of rotatable bonds is 7. The molecule has 0 radical (unpaired) electrons. The molecular formula is C19H25N3O5. The largest absolute Gasteiger partial charge is 0.497 e. The van der Waals surface area contributed by atoms with Gasteiger partial charge in [0.2, 0.25) is 0 Å². The summed E-state index contributed by atoms with van der Waals surface area (Å²) in [6.45, 7) is 1.24. The van der Waals surface area contributed by atoms with Crippen LogP contribution >= 0.6 is 0 Å². The summed E-state index contributed by atoms with van der Waals surface area (Å²) < 4.78 is 10.8. The van der Waals surface area contributed by atoms with E-state index in [4.69, 9.17) is 14.4 Å². The van der Waals surface area contributed by atoms with E-state index in [-0.39, 0.29) is 12.5 Å². The maximum atomic E-state index is 13.1. The van der Waals surface area contributed by atoms with Gasteiger partial charge in [-0.25, -0.2) is 0 Å². The molecule has 27 heavy (non-hydrogen) atoms. The van der Waals surface area contributed by atoms with Crippen molar-refractivity contribution in [1.29, 1.82) is 0 Å². The zero-order valence-electron chi connectivity index (χ0n) is 15.6. The number of nitrogens with zero attached hydrogens (tertiary/aromatic N) is 3. The number of methoxy groups -OCH3 is 1. The molecule has 1 amide bonds. The lowest BCUT2D eigenvalue weighted by molar-refractivity contribution is 0.0520. The molecular weight excluding hydrogens is 350 g/mol. The fourth-order valence-electron chi connectivity index (χ4n) is 3.21. The molecule has 0 bridgehead atoms. The van der Waals surface area contributed by atoms with E-state index in [0.29, 0.717) is 28.5 Å². The van der Waals surface area contributed by atoms with Crippen molar-refractivity contribution in [2.24, 2.45) is 0 Å². The highest BCUT2D eigenvalue weighted by molar-refractivity contribution is 6.04. The first-order chi connectivity index (χ1) is 13.0. The van der Waals surface area contributed by atoms with Crippen LogP contribution in [0.25, 0.3) is 11.3 Å². The molecule has 0 spiro atoms. The van der Waals surface area contributed by atoms with Gasteiger partial charge in [0.15, 0.2) is 11.6 Å². The monoisotopic (exact) mass is 375 g/mol. The van der Waals surface area contributed by atoms with E-state index in [2.05, 4.69) is 5.16 Å². The Morgan fingerprint density at radius 3 is 2.59 bits per heavy atom. The van der Waals surface area contributed by atoms with Crippen molar-refractivity contribution >= 4 is 11.7 Å². The third-order valence-electron chi connectivity index (χ3n) is 4.69. The minimum absolute atomic E-state index is 0.0159. The van der Waals surface area contributed by atoms with Crippen molar-refractivity contribution < 1.29 is 24.3 Å². The Morgan fingerprint density at radius 1 is 1.33 bits per heavy atom. The second-order valence-electron chi connectivity index (χ2n) is 6.66. The van der Waals surface area contributed by atoms with E-state index in [1.165, 1.54) is 4.90 Å². The van der Waals surface area contributed by atoms with Crippen molar-refractivity contribution in [2.45, 2.75) is 18.9 Å². The molecule has 2 N–H and O–H groups in total. The van der Waals surface area contributed by atoms with E-state index in [9.17, 15) is 9.90 Å². The Hall–Kier alpha value is -2.58. The van der Waals surface area contributed by atoms with E-state index in [1.807, 2.05) is 17.0 Å². The average molecular weight is 375 g/mol. The number of anilines is 1. The molecule has 0 aliphatic carbocycles. The summed E-state index contributed by atoms with van der Waals surface area (Å²) in [5, 5.41) is 22.9. The number of benzene rings is 1. The molecule has 1 saturated heterocycles. The lowest BCUT2D eigenvalue weighted by Crippen LogP contribution is -2.36. The molecule has 3 rings (SSSR count). The summed E-state index contributed by atoms with van der Waals surface area (Å²) in [4.78, 5) is 16.6. The van der Waals surface area contributed by atoms with Crippen LogP contribution in [-0.2, 0) is 0 Å². The van der Waals surface area contributed by atoms with Gasteiger partial charge in [-0.3, -0.25) is 4.79 Å². The third kappa shape index (κ3) is 4.06. The highest BCUT2D eigenvalue weighted by atomic mass is 16.5. The number of aromatic nitrogens is 1. The van der Waals surface area contributed by atoms with Gasteiger partial charge in [-0.15, -0.1) is 0 Å². The summed E-state index contributed by atoms with van der Waals surface area (Å²) in [6.07, 6.45) is 1.08. The Bertz CT molecular complexity index is 768. The highest BCUT2D eigenvalue weighted by Crippen LogP contribution is 2.34. The van der Waals surface area contributed by atoms with Crippen LogP contribution in [0.15, 0.2) is 28.8 Å². The number of amides is 1. The highest BCUT2D eigenvalue weighted by Gasteiger charge is 2.31. The van der Waals surface area contributed by atoms with Crippen molar-refractivity contribution in [3.8, 4) is 17.1 Å². The van der Waals surface area contributed by atoms with Gasteiger partial charge in [0.25, 0.3) is 5.91 Å². The number of hydrogen-bond acceptors (Lipinski definition) is 7. The van der Waals surface area contributed by atoms with Crippen LogP contribution in [0, 0.1) is 0 Å². The number of carbonyl (C=O) groups excluding carboxylic acids is 1. The van der Waals surface area contributed by atoms with E-state index >= 15 is 0 Å². The SMILES string of the molecule is COc1ccc(-c2onc(N3CCCC3)c2C(=O)N(C)CC(O)CO)cc1. The Morgan fingerprint density at radius 2 is 2.00 bits per heavy atom. The maximum Gasteiger partial charge on any atom is 0.261 e. The van der Waals surface area contributed by atoms with E-state index in [0.717, 1.165) is 25.9 Å². The van der Waals surface area contributed by atoms with Gasteiger partial charge in [-0.2, -0.15) is 0 Å². The predicted molar refractivity (Wildman–Crippen MR) is 100.0 cm³/mol. The predicted octanol–water partition coefficient (Wildman–Crippen LogP) is 1.38. The number of hydrogen-bond donors (Lipinski definition) is 2. The van der Waals surface area contributed by atoms with Crippen LogP contribution in [-0.4, -0.2) is 72.7 Å². The van der Waals surface area contributed by atoms with Gasteiger partial charge in [0.1, 0.15) is 11.3 Å². The van der Waals surface area contributed by atoms with Crippen LogP contribution in [0.1, 0.15) is 23.2 Å². The molecule has 1 aromatic carbocycles. The molecule has 1 aliphatic rings. The summed E-state index contributed by atoms with van der Waals surface area (Å²) in [5.41, 5.74) is 1.09. The molecule has 8 nitrogen and oxygen atoms in total. The zero-order valence-corrected chi connectivity index (χ0v) is 15.6. The fourth-order valence-corrected chi connectivity index (χ4v) is 3.21. The molecule has 1 aromatic heterocycles. The van der Waals surface area contributed by atoms with Gasteiger partial charge < -0.3 is 29.3 Å². The smallest absolute Gasteiger partial charge is 0.261 e. The molecule has 1 fully saturated rings. The van der Waals surface area contributed by atoms with Gasteiger partial charge in [0, 0.05) is 32.2 Å². The van der Waals surface area contributed by atoms with Crippen molar-refractivity contribution in [3.05, 3.63) is 29.8 Å². The summed E-state index contributed by atoms with van der Waals surface area (Å²) in [6, 6.07) is 7.21. The zero-order chi connectivity index (χ0) is 19.4. The Balaban J connectivity index is 1.99. The molecule has 1 atom stereocenters. The minimum atomic E-state index is -1.00. The number of likely N-dealkylation sites (N-methyl/N-ethyl adjacent to an activating group) is 1. The second kappa shape index (κ2) is 8.41. The number of aliphatic hydroxyl groups excluding tert-OH is 2. The Kier molecular flexibility index (Phi) is 5.98. The lowest BCUT2D eigenvalue weighted by Gasteiger charge is -2.22. The first-order valence-corrected chi connectivity index (χ1v) is 8.98. The topological polar surface area (TPSA) is 99.3 Å². The van der Waals surface area contributed by atoms with Gasteiger partial charge in [-0.05, 0) is 37.1 Å². The summed E-state index contributed by atoms with van der Waals surface area (Å²) >= 11 is 0. The molecule has 146 valence electrons. The van der Waals surface area contributed by atoms with Crippen LogP contribution in [0.4, 0.5) is 5.82 Å². The van der Waals surface area contributed by atoms with Crippen molar-refractivity contribution in [2.75, 3.05) is 45.3 Å². The van der Waals surface area contributed by atoms with Gasteiger partial charge in [-0.1, -0.05) is 5.16 Å². The third-order valence-corrected chi connectivity index (χ3v) is 4.69. The van der Waals surface area contributed by atoms with Crippen LogP contribution in [0.2, 0.25) is 0 Å². The standard InChI is InChI=1S/C19H25N3O5/c1-21(11-14(24)12-23)19(25)16-17(13-5-7-15(26-2)8-6-13)27-20-18(16)22-9-3-4-10-22/h5-8,14,23-24H,3-4,9-12H2,1-2H3. The van der Waals surface area contributed by atoms with E-state index in [1.54, 1.807) is 26.3 Å². The Labute approximate surface area is 157 Å². The van der Waals surface area contributed by atoms with Gasteiger partial charge >= 0.3 is 0 Å². The summed E-state index contributed by atoms with van der Waals surface area (Å²) in [5.74, 6) is 1.30. The van der Waals surface area contributed by atoms with Crippen LogP contribution in [0.3, 0.4) is 0 Å². The van der Waals surface area contributed by atoms with E-state index < -0.39 is 12.7 Å². The summed E-state index contributed by atoms with van der Waals surface area (Å²) in [7, 11) is 3.17. The first-order valence-electron chi connectivity index (χ1n) is 8.98. The van der Waals surface area contributed by atoms with Crippen molar-refractivity contribution in [1.82, 2.24) is 10.1 Å². The maximum absolute atomic E-state index is 13.1. The molecule has 2 heterocycles. The number of carbonyl (C=O) groups is 1. The number of aliphatic hydroxyl groups is 2. The molecule has 2 aromatic rings. The van der Waals surface area contributed by atoms with Gasteiger partial charge in [0.05, 0.1) is 19.8 Å². The van der Waals surface area contributed by atoms with Crippen LogP contribution < -0.4 is 9.64 Å². The normalized spacial score (nSPS) is 15.0. The first kappa shape index (κ1) is 19.2. The quantitative estimate of drug-likeness (QED) is 0.754. The average Bonchev–Trinajstić information content (AvgIpc) is 3.36. The molecule has 1 aliphatic heterocycles. The van der Waals surface area contributed by atoms with Crippen LogP contribution in [0.5, 0.6) is 5.75 Å². The second-order valence-corrected chi connectivity index (χ2v) is 6.66. The molecule has 1 unspecified atom stereocenters. The lowest BCUT2D eigenvalue weighted by atomic mass is 10.1. The number of ether oxygens (including phenoxy) is 1. The molecule has 0 saturated carbocycles. The molecule has 8 heteroatoms. The van der Waals surface area contributed by atoms with Crippen molar-refractivity contribution in [3.63, 3.8) is 0 Å². The minimum Gasteiger partial charge on any atom is -0.497 e. The fraction of sp³-hybridized carbons (Fsp3) is 0.474.